The molecular formula is C22H28N4O2. The third-order valence-electron chi connectivity index (χ3n) is 5.22. The minimum Gasteiger partial charge on any atom is -0.393 e. The zero-order valence-corrected chi connectivity index (χ0v) is 16.3. The Morgan fingerprint density at radius 2 is 1.93 bits per heavy atom. The molecule has 1 aromatic carbocycles. The molecule has 2 aromatic heterocycles. The van der Waals surface area contributed by atoms with E-state index in [1.807, 2.05) is 30.3 Å². The molecule has 0 amide bonds. The van der Waals surface area contributed by atoms with Crippen LogP contribution in [-0.2, 0) is 11.3 Å². The van der Waals surface area contributed by atoms with Crippen molar-refractivity contribution in [3.8, 4) is 11.4 Å². The number of H-pyrrole nitrogens is 1. The van der Waals surface area contributed by atoms with Gasteiger partial charge < -0.3 is 20.1 Å². The van der Waals surface area contributed by atoms with Crippen LogP contribution in [0.5, 0.6) is 0 Å². The van der Waals surface area contributed by atoms with Crippen molar-refractivity contribution in [1.29, 1.82) is 0 Å². The van der Waals surface area contributed by atoms with Crippen molar-refractivity contribution in [3.05, 3.63) is 42.1 Å². The maximum Gasteiger partial charge on any atom is 0.163 e. The van der Waals surface area contributed by atoms with E-state index in [0.29, 0.717) is 18.5 Å². The van der Waals surface area contributed by atoms with Gasteiger partial charge in [-0.2, -0.15) is 0 Å². The molecule has 0 spiro atoms. The average molecular weight is 380 g/mol. The number of anilines is 1. The van der Waals surface area contributed by atoms with Gasteiger partial charge >= 0.3 is 0 Å². The third kappa shape index (κ3) is 4.34. The van der Waals surface area contributed by atoms with Gasteiger partial charge in [-0.05, 0) is 38.2 Å². The average Bonchev–Trinajstić information content (AvgIpc) is 3.14. The summed E-state index contributed by atoms with van der Waals surface area (Å²) in [6, 6.07) is 12.4. The summed E-state index contributed by atoms with van der Waals surface area (Å²) in [6.07, 6.45) is 4.40. The molecule has 0 unspecified atom stereocenters. The summed E-state index contributed by atoms with van der Waals surface area (Å²) >= 11 is 0. The number of nitrogens with zero attached hydrogens (tertiary/aromatic N) is 2. The van der Waals surface area contributed by atoms with Crippen molar-refractivity contribution in [2.75, 3.05) is 11.9 Å². The number of hydrogen-bond donors (Lipinski definition) is 3. The predicted molar refractivity (Wildman–Crippen MR) is 111 cm³/mol. The minimum atomic E-state index is -0.169. The molecule has 0 aliphatic heterocycles. The Morgan fingerprint density at radius 3 is 2.68 bits per heavy atom. The number of aliphatic hydroxyl groups excluding tert-OH is 1. The van der Waals surface area contributed by atoms with Crippen molar-refractivity contribution in [2.24, 2.45) is 0 Å². The highest BCUT2D eigenvalue weighted by Gasteiger charge is 2.21. The van der Waals surface area contributed by atoms with Gasteiger partial charge in [-0.1, -0.05) is 37.3 Å². The summed E-state index contributed by atoms with van der Waals surface area (Å²) in [4.78, 5) is 13.0. The summed E-state index contributed by atoms with van der Waals surface area (Å²) in [5.74, 6) is 1.55. The first-order valence-corrected chi connectivity index (χ1v) is 10.2. The van der Waals surface area contributed by atoms with Gasteiger partial charge in [0.2, 0.25) is 0 Å². The third-order valence-corrected chi connectivity index (χ3v) is 5.22. The first-order chi connectivity index (χ1) is 13.7. The van der Waals surface area contributed by atoms with E-state index in [4.69, 9.17) is 14.7 Å². The normalized spacial score (nSPS) is 19.8. The van der Waals surface area contributed by atoms with Crippen molar-refractivity contribution in [2.45, 2.75) is 57.8 Å². The van der Waals surface area contributed by atoms with Crippen LogP contribution >= 0.6 is 0 Å². The Labute approximate surface area is 165 Å². The molecular weight excluding hydrogens is 352 g/mol. The maximum atomic E-state index is 9.79. The summed E-state index contributed by atoms with van der Waals surface area (Å²) in [6.45, 7) is 3.39. The number of benzene rings is 1. The molecule has 6 heteroatoms. The molecule has 1 aliphatic rings. The number of aromatic amines is 1. The SMILES string of the molecule is CCCOCc1cc2c(NC3CCC(O)CC3)nc(-c3ccccc3)nc2[nH]1. The van der Waals surface area contributed by atoms with E-state index in [2.05, 4.69) is 23.3 Å². The second-order valence-electron chi connectivity index (χ2n) is 7.52. The molecule has 0 saturated heterocycles. The van der Waals surface area contributed by atoms with E-state index < -0.39 is 0 Å². The highest BCUT2D eigenvalue weighted by molar-refractivity contribution is 5.89. The zero-order chi connectivity index (χ0) is 19.3. The Bertz CT molecular complexity index is 902. The Kier molecular flexibility index (Phi) is 5.88. The molecule has 0 bridgehead atoms. The second-order valence-corrected chi connectivity index (χ2v) is 7.52. The molecule has 0 atom stereocenters. The Morgan fingerprint density at radius 1 is 1.14 bits per heavy atom. The Balaban J connectivity index is 1.67. The van der Waals surface area contributed by atoms with Crippen LogP contribution in [0, 0.1) is 0 Å². The molecule has 3 aromatic rings. The predicted octanol–water partition coefficient (Wildman–Crippen LogP) is 4.27. The lowest BCUT2D eigenvalue weighted by atomic mass is 9.93. The number of fused-ring (bicyclic) bond motifs is 1. The second kappa shape index (κ2) is 8.71. The lowest BCUT2D eigenvalue weighted by molar-refractivity contribution is 0.119. The van der Waals surface area contributed by atoms with Crippen molar-refractivity contribution in [1.82, 2.24) is 15.0 Å². The van der Waals surface area contributed by atoms with Gasteiger partial charge in [0.1, 0.15) is 11.5 Å². The van der Waals surface area contributed by atoms with Gasteiger partial charge in [-0.15, -0.1) is 0 Å². The number of aromatic nitrogens is 3. The molecule has 1 aliphatic carbocycles. The molecule has 0 radical (unpaired) electrons. The number of ether oxygens (including phenoxy) is 1. The lowest BCUT2D eigenvalue weighted by Gasteiger charge is -2.26. The van der Waals surface area contributed by atoms with Crippen LogP contribution < -0.4 is 5.32 Å². The largest absolute Gasteiger partial charge is 0.393 e. The number of hydrogen-bond acceptors (Lipinski definition) is 5. The van der Waals surface area contributed by atoms with Gasteiger partial charge in [0.05, 0.1) is 18.1 Å². The molecule has 1 fully saturated rings. The number of nitrogens with one attached hydrogen (secondary N) is 2. The van der Waals surface area contributed by atoms with E-state index in [-0.39, 0.29) is 6.10 Å². The lowest BCUT2D eigenvalue weighted by Crippen LogP contribution is -2.28. The smallest absolute Gasteiger partial charge is 0.163 e. The van der Waals surface area contributed by atoms with E-state index in [1.54, 1.807) is 0 Å². The fraction of sp³-hybridized carbons (Fsp3) is 0.455. The topological polar surface area (TPSA) is 83.1 Å². The number of rotatable bonds is 7. The molecule has 4 rings (SSSR count). The molecule has 2 heterocycles. The summed E-state index contributed by atoms with van der Waals surface area (Å²) < 4.78 is 5.69. The van der Waals surface area contributed by atoms with Crippen molar-refractivity contribution < 1.29 is 9.84 Å². The van der Waals surface area contributed by atoms with Gasteiger partial charge in [0.25, 0.3) is 0 Å². The Hall–Kier alpha value is -2.44. The van der Waals surface area contributed by atoms with Crippen LogP contribution in [0.15, 0.2) is 36.4 Å². The molecule has 3 N–H and O–H groups in total. The monoisotopic (exact) mass is 380 g/mol. The van der Waals surface area contributed by atoms with Gasteiger partial charge in [0.15, 0.2) is 5.82 Å². The quantitative estimate of drug-likeness (QED) is 0.533. The summed E-state index contributed by atoms with van der Waals surface area (Å²) in [5, 5.41) is 14.4. The van der Waals surface area contributed by atoms with Gasteiger partial charge in [-0.3, -0.25) is 0 Å². The van der Waals surface area contributed by atoms with Crippen LogP contribution in [0.3, 0.4) is 0 Å². The van der Waals surface area contributed by atoms with E-state index in [0.717, 1.165) is 66.8 Å². The van der Waals surface area contributed by atoms with Crippen molar-refractivity contribution in [3.63, 3.8) is 0 Å². The molecule has 6 nitrogen and oxygen atoms in total. The molecule has 148 valence electrons. The van der Waals surface area contributed by atoms with Gasteiger partial charge in [0, 0.05) is 23.9 Å². The van der Waals surface area contributed by atoms with Crippen LogP contribution in [0.25, 0.3) is 22.4 Å². The summed E-state index contributed by atoms with van der Waals surface area (Å²) in [7, 11) is 0. The highest BCUT2D eigenvalue weighted by atomic mass is 16.5. The maximum absolute atomic E-state index is 9.79. The van der Waals surface area contributed by atoms with Crippen LogP contribution in [0.4, 0.5) is 5.82 Å². The zero-order valence-electron chi connectivity index (χ0n) is 16.3. The molecule has 1 saturated carbocycles. The van der Waals surface area contributed by atoms with E-state index >= 15 is 0 Å². The van der Waals surface area contributed by atoms with E-state index in [9.17, 15) is 5.11 Å². The van der Waals surface area contributed by atoms with Gasteiger partial charge in [-0.25, -0.2) is 9.97 Å². The minimum absolute atomic E-state index is 0.169. The standard InChI is InChI=1S/C22H28N4O2/c1-2-12-28-14-17-13-19-21(23-16-8-10-18(27)11-9-16)25-20(26-22(19)24-17)15-6-4-3-5-7-15/h3-7,13,16,18,27H,2,8-12,14H2,1H3,(H2,23,24,25,26). The first-order valence-electron chi connectivity index (χ1n) is 10.2. The van der Waals surface area contributed by atoms with Crippen LogP contribution in [0.1, 0.15) is 44.7 Å². The molecule has 28 heavy (non-hydrogen) atoms. The summed E-state index contributed by atoms with van der Waals surface area (Å²) in [5.41, 5.74) is 2.82. The van der Waals surface area contributed by atoms with Crippen molar-refractivity contribution >= 4 is 16.9 Å². The van der Waals surface area contributed by atoms with Crippen LogP contribution in [-0.4, -0.2) is 38.8 Å². The number of aliphatic hydroxyl groups is 1. The highest BCUT2D eigenvalue weighted by Crippen LogP contribution is 2.29. The van der Waals surface area contributed by atoms with E-state index in [1.165, 1.54) is 0 Å². The first kappa shape index (κ1) is 18.9. The van der Waals surface area contributed by atoms with Crippen LogP contribution in [0.2, 0.25) is 0 Å². The fourth-order valence-corrected chi connectivity index (χ4v) is 3.71. The fourth-order valence-electron chi connectivity index (χ4n) is 3.71.